The van der Waals surface area contributed by atoms with Gasteiger partial charge in [-0.2, -0.15) is 0 Å². The maximum absolute atomic E-state index is 14.1. The summed E-state index contributed by atoms with van der Waals surface area (Å²) in [6.07, 6.45) is 1.06. The average Bonchev–Trinajstić information content (AvgIpc) is 2.72. The Bertz CT molecular complexity index is 767. The first-order valence-corrected chi connectivity index (χ1v) is 11.0. The molecule has 0 fully saturated rings. The minimum absolute atomic E-state index is 0.0211. The Kier molecular flexibility index (Phi) is 10.2. The van der Waals surface area contributed by atoms with Crippen LogP contribution in [-0.2, 0) is 13.2 Å². The third-order valence-electron chi connectivity index (χ3n) is 4.83. The Labute approximate surface area is 186 Å². The molecule has 2 aromatic carbocycles. The van der Waals surface area contributed by atoms with Crippen molar-refractivity contribution in [2.75, 3.05) is 33.3 Å². The van der Waals surface area contributed by atoms with Crippen LogP contribution in [0.15, 0.2) is 34.8 Å². The van der Waals surface area contributed by atoms with Crippen LogP contribution in [0.25, 0.3) is 0 Å². The molecule has 0 aliphatic heterocycles. The minimum atomic E-state index is -0.387. The largest absolute Gasteiger partial charge is 0.493 e. The molecule has 29 heavy (non-hydrogen) atoms. The first-order chi connectivity index (χ1) is 14.0. The molecule has 0 atom stereocenters. The SMILES string of the molecule is CCN(CC)CCCNCc1c(Br)ccc(OC)c1OCc1c(F)cccc1Cl. The quantitative estimate of drug-likeness (QED) is 0.392. The molecule has 0 amide bonds. The highest BCUT2D eigenvalue weighted by atomic mass is 79.9. The van der Waals surface area contributed by atoms with Gasteiger partial charge in [-0.05, 0) is 56.9 Å². The van der Waals surface area contributed by atoms with E-state index in [4.69, 9.17) is 21.1 Å². The van der Waals surface area contributed by atoms with Crippen molar-refractivity contribution in [3.8, 4) is 11.5 Å². The fraction of sp³-hybridized carbons (Fsp3) is 0.455. The van der Waals surface area contributed by atoms with E-state index in [0.717, 1.165) is 42.6 Å². The van der Waals surface area contributed by atoms with Crippen molar-refractivity contribution >= 4 is 27.5 Å². The van der Waals surface area contributed by atoms with Gasteiger partial charge >= 0.3 is 0 Å². The molecular formula is C22H29BrClFN2O2. The lowest BCUT2D eigenvalue weighted by Gasteiger charge is -2.19. The highest BCUT2D eigenvalue weighted by Crippen LogP contribution is 2.37. The molecule has 0 bridgehead atoms. The van der Waals surface area contributed by atoms with Gasteiger partial charge in [-0.3, -0.25) is 0 Å². The van der Waals surface area contributed by atoms with Gasteiger partial charge in [0, 0.05) is 22.1 Å². The number of methoxy groups -OCH3 is 1. The Hall–Kier alpha value is -1.34. The number of halogens is 3. The second kappa shape index (κ2) is 12.4. The Morgan fingerprint density at radius 2 is 1.90 bits per heavy atom. The monoisotopic (exact) mass is 486 g/mol. The summed E-state index contributed by atoms with van der Waals surface area (Å²) in [5.74, 6) is 0.792. The van der Waals surface area contributed by atoms with Crippen molar-refractivity contribution in [3.63, 3.8) is 0 Å². The van der Waals surface area contributed by atoms with Gasteiger partial charge in [0.2, 0.25) is 0 Å². The Morgan fingerprint density at radius 1 is 1.14 bits per heavy atom. The van der Waals surface area contributed by atoms with Crippen molar-refractivity contribution in [2.24, 2.45) is 0 Å². The standard InChI is InChI=1S/C22H29BrClFN2O2/c1-4-27(5-2)13-7-12-26-14-16-18(23)10-11-21(28-3)22(16)29-15-17-19(24)8-6-9-20(17)25/h6,8-11,26H,4-5,7,12-15H2,1-3H3. The fourth-order valence-electron chi connectivity index (χ4n) is 3.06. The molecule has 2 aromatic rings. The first kappa shape index (κ1) is 23.9. The summed E-state index contributed by atoms with van der Waals surface area (Å²) < 4.78 is 26.5. The van der Waals surface area contributed by atoms with E-state index in [9.17, 15) is 4.39 Å². The van der Waals surface area contributed by atoms with E-state index in [1.165, 1.54) is 6.07 Å². The van der Waals surface area contributed by atoms with E-state index in [-0.39, 0.29) is 12.4 Å². The number of nitrogens with zero attached hydrogens (tertiary/aromatic N) is 1. The van der Waals surface area contributed by atoms with Crippen LogP contribution in [0.3, 0.4) is 0 Å². The molecule has 1 N–H and O–H groups in total. The van der Waals surface area contributed by atoms with Gasteiger partial charge in [0.25, 0.3) is 0 Å². The van der Waals surface area contributed by atoms with Crippen LogP contribution in [0.4, 0.5) is 4.39 Å². The Morgan fingerprint density at radius 3 is 2.55 bits per heavy atom. The van der Waals surface area contributed by atoms with E-state index in [1.54, 1.807) is 19.2 Å². The number of benzene rings is 2. The zero-order chi connectivity index (χ0) is 21.2. The summed E-state index contributed by atoms with van der Waals surface area (Å²) in [7, 11) is 1.59. The summed E-state index contributed by atoms with van der Waals surface area (Å²) in [5, 5.41) is 3.81. The lowest BCUT2D eigenvalue weighted by Crippen LogP contribution is -2.27. The van der Waals surface area contributed by atoms with Gasteiger partial charge < -0.3 is 19.7 Å². The first-order valence-electron chi connectivity index (χ1n) is 9.85. The number of ether oxygens (including phenoxy) is 2. The normalized spacial score (nSPS) is 11.1. The number of rotatable bonds is 12. The predicted molar refractivity (Wildman–Crippen MR) is 121 cm³/mol. The molecule has 0 aliphatic carbocycles. The van der Waals surface area contributed by atoms with Crippen LogP contribution in [0.2, 0.25) is 5.02 Å². The summed E-state index contributed by atoms with van der Waals surface area (Å²) in [6, 6.07) is 8.36. The Balaban J connectivity index is 2.07. The lowest BCUT2D eigenvalue weighted by atomic mass is 10.1. The zero-order valence-electron chi connectivity index (χ0n) is 17.2. The van der Waals surface area contributed by atoms with Crippen LogP contribution in [-0.4, -0.2) is 38.2 Å². The molecular weight excluding hydrogens is 459 g/mol. The van der Waals surface area contributed by atoms with Gasteiger partial charge in [0.05, 0.1) is 12.1 Å². The maximum Gasteiger partial charge on any atom is 0.167 e. The van der Waals surface area contributed by atoms with E-state index in [1.807, 2.05) is 12.1 Å². The summed E-state index contributed by atoms with van der Waals surface area (Å²) in [5.41, 5.74) is 1.26. The van der Waals surface area contributed by atoms with E-state index < -0.39 is 0 Å². The third kappa shape index (κ3) is 6.85. The van der Waals surface area contributed by atoms with Crippen LogP contribution < -0.4 is 14.8 Å². The predicted octanol–water partition coefficient (Wildman–Crippen LogP) is 5.65. The van der Waals surface area contributed by atoms with Gasteiger partial charge in [0.15, 0.2) is 11.5 Å². The molecule has 0 spiro atoms. The molecule has 0 radical (unpaired) electrons. The van der Waals surface area contributed by atoms with Crippen LogP contribution in [0.1, 0.15) is 31.4 Å². The van der Waals surface area contributed by atoms with Crippen molar-refractivity contribution in [2.45, 2.75) is 33.4 Å². The molecule has 7 heteroatoms. The highest BCUT2D eigenvalue weighted by Gasteiger charge is 2.16. The van der Waals surface area contributed by atoms with Crippen molar-refractivity contribution in [1.29, 1.82) is 0 Å². The average molecular weight is 488 g/mol. The van der Waals surface area contributed by atoms with E-state index in [2.05, 4.69) is 40.0 Å². The molecule has 4 nitrogen and oxygen atoms in total. The van der Waals surface area contributed by atoms with Crippen molar-refractivity contribution in [3.05, 3.63) is 56.8 Å². The van der Waals surface area contributed by atoms with Crippen LogP contribution in [0, 0.1) is 5.82 Å². The fourth-order valence-corrected chi connectivity index (χ4v) is 3.73. The summed E-state index contributed by atoms with van der Waals surface area (Å²) in [6.45, 7) is 9.06. The molecule has 0 aliphatic rings. The topological polar surface area (TPSA) is 33.7 Å². The van der Waals surface area contributed by atoms with Gasteiger partial charge in [0.1, 0.15) is 12.4 Å². The molecule has 2 rings (SSSR count). The summed E-state index contributed by atoms with van der Waals surface area (Å²) in [4.78, 5) is 2.40. The van der Waals surface area contributed by atoms with Gasteiger partial charge in [-0.15, -0.1) is 0 Å². The summed E-state index contributed by atoms with van der Waals surface area (Å²) >= 11 is 9.73. The second-order valence-corrected chi connectivity index (χ2v) is 7.86. The third-order valence-corrected chi connectivity index (χ3v) is 5.93. The minimum Gasteiger partial charge on any atom is -0.493 e. The van der Waals surface area contributed by atoms with E-state index >= 15 is 0 Å². The molecule has 0 unspecified atom stereocenters. The number of nitrogens with one attached hydrogen (secondary N) is 1. The molecule has 0 heterocycles. The zero-order valence-corrected chi connectivity index (χ0v) is 19.6. The molecule has 0 aromatic heterocycles. The van der Waals surface area contributed by atoms with E-state index in [0.29, 0.717) is 28.6 Å². The van der Waals surface area contributed by atoms with Crippen molar-refractivity contribution < 1.29 is 13.9 Å². The highest BCUT2D eigenvalue weighted by molar-refractivity contribution is 9.10. The van der Waals surface area contributed by atoms with Gasteiger partial charge in [-0.1, -0.05) is 47.4 Å². The van der Waals surface area contributed by atoms with Gasteiger partial charge in [-0.25, -0.2) is 4.39 Å². The number of hydrogen-bond donors (Lipinski definition) is 1. The van der Waals surface area contributed by atoms with Crippen LogP contribution in [0.5, 0.6) is 11.5 Å². The number of hydrogen-bond acceptors (Lipinski definition) is 4. The lowest BCUT2D eigenvalue weighted by molar-refractivity contribution is 0.275. The maximum atomic E-state index is 14.1. The molecule has 0 saturated carbocycles. The van der Waals surface area contributed by atoms with Crippen molar-refractivity contribution in [1.82, 2.24) is 10.2 Å². The van der Waals surface area contributed by atoms with Crippen LogP contribution >= 0.6 is 27.5 Å². The molecule has 0 saturated heterocycles. The smallest absolute Gasteiger partial charge is 0.167 e. The molecule has 160 valence electrons. The second-order valence-electron chi connectivity index (χ2n) is 6.60.